The smallest absolute Gasteiger partial charge is 0.274 e. The molecule has 0 bridgehead atoms. The van der Waals surface area contributed by atoms with Crippen molar-refractivity contribution in [2.45, 2.75) is 70.9 Å². The Morgan fingerprint density at radius 2 is 2.08 bits per heavy atom. The second kappa shape index (κ2) is 6.22. The second-order valence-electron chi connectivity index (χ2n) is 7.65. The molecule has 3 heterocycles. The summed E-state index contributed by atoms with van der Waals surface area (Å²) in [6, 6.07) is 1.94. The van der Waals surface area contributed by atoms with Gasteiger partial charge in [0, 0.05) is 25.7 Å². The van der Waals surface area contributed by atoms with Crippen LogP contribution in [0.4, 0.5) is 0 Å². The highest BCUT2D eigenvalue weighted by molar-refractivity contribution is 5.93. The van der Waals surface area contributed by atoms with Gasteiger partial charge in [0.25, 0.3) is 5.91 Å². The Hall–Kier alpha value is -1.85. The molecular formula is C18H28N4O2. The summed E-state index contributed by atoms with van der Waals surface area (Å²) in [4.78, 5) is 29.1. The normalized spacial score (nSPS) is 27.3. The van der Waals surface area contributed by atoms with Gasteiger partial charge in [0.2, 0.25) is 5.91 Å². The Morgan fingerprint density at radius 1 is 1.33 bits per heavy atom. The zero-order valence-corrected chi connectivity index (χ0v) is 15.1. The molecule has 1 N–H and O–H groups in total. The number of fused-ring (bicyclic) bond motifs is 1. The average Bonchev–Trinajstić information content (AvgIpc) is 3.02. The molecule has 1 aromatic heterocycles. The third-order valence-electron chi connectivity index (χ3n) is 5.73. The van der Waals surface area contributed by atoms with Crippen LogP contribution in [0.3, 0.4) is 0 Å². The first-order valence-electron chi connectivity index (χ1n) is 8.99. The lowest BCUT2D eigenvalue weighted by Crippen LogP contribution is -2.68. The summed E-state index contributed by atoms with van der Waals surface area (Å²) in [5.74, 6) is 0.409. The van der Waals surface area contributed by atoms with Crippen molar-refractivity contribution >= 4 is 11.8 Å². The SMILES string of the molecule is CC(=O)N1CCC[C@@H]2N(C(=O)c3cc(C(C)C)[nH]n3)CCC[C@@]21C. The van der Waals surface area contributed by atoms with E-state index in [0.29, 0.717) is 11.6 Å². The Balaban J connectivity index is 1.87. The molecular weight excluding hydrogens is 304 g/mol. The second-order valence-corrected chi connectivity index (χ2v) is 7.65. The van der Waals surface area contributed by atoms with Gasteiger partial charge in [0.05, 0.1) is 11.6 Å². The van der Waals surface area contributed by atoms with Gasteiger partial charge in [-0.2, -0.15) is 5.10 Å². The van der Waals surface area contributed by atoms with Gasteiger partial charge >= 0.3 is 0 Å². The first-order chi connectivity index (χ1) is 11.3. The molecule has 0 aliphatic carbocycles. The lowest BCUT2D eigenvalue weighted by atomic mass is 9.76. The first-order valence-corrected chi connectivity index (χ1v) is 8.99. The fraction of sp³-hybridized carbons (Fsp3) is 0.722. The van der Waals surface area contributed by atoms with E-state index in [2.05, 4.69) is 31.0 Å². The quantitative estimate of drug-likeness (QED) is 0.905. The van der Waals surface area contributed by atoms with Crippen molar-refractivity contribution in [1.29, 1.82) is 0 Å². The molecule has 132 valence electrons. The van der Waals surface area contributed by atoms with E-state index in [9.17, 15) is 9.59 Å². The summed E-state index contributed by atoms with van der Waals surface area (Å²) >= 11 is 0. The van der Waals surface area contributed by atoms with Crippen LogP contribution in [-0.4, -0.2) is 56.5 Å². The van der Waals surface area contributed by atoms with Crippen LogP contribution in [0, 0.1) is 0 Å². The Kier molecular flexibility index (Phi) is 4.40. The van der Waals surface area contributed by atoms with Gasteiger partial charge in [-0.25, -0.2) is 0 Å². The number of hydrogen-bond donors (Lipinski definition) is 1. The van der Waals surface area contributed by atoms with E-state index in [4.69, 9.17) is 0 Å². The largest absolute Gasteiger partial charge is 0.335 e. The van der Waals surface area contributed by atoms with Crippen LogP contribution < -0.4 is 0 Å². The number of nitrogens with one attached hydrogen (secondary N) is 1. The molecule has 0 unspecified atom stereocenters. The van der Waals surface area contributed by atoms with Crippen molar-refractivity contribution < 1.29 is 9.59 Å². The molecule has 2 amide bonds. The minimum Gasteiger partial charge on any atom is -0.335 e. The number of amides is 2. The molecule has 6 heteroatoms. The third-order valence-corrected chi connectivity index (χ3v) is 5.73. The standard InChI is InChI=1S/C18H28N4O2/c1-12(2)14-11-15(20-19-14)17(24)21-9-6-8-18(4)16(21)7-5-10-22(18)13(3)23/h11-12,16H,5-10H2,1-4H3,(H,19,20)/t16-,18-/m0/s1. The van der Waals surface area contributed by atoms with Crippen molar-refractivity contribution in [1.82, 2.24) is 20.0 Å². The highest BCUT2D eigenvalue weighted by atomic mass is 16.2. The number of carbonyl (C=O) groups excluding carboxylic acids is 2. The van der Waals surface area contributed by atoms with Gasteiger partial charge in [0.15, 0.2) is 0 Å². The molecule has 2 aliphatic rings. The number of piperidine rings is 2. The number of rotatable bonds is 2. The zero-order valence-electron chi connectivity index (χ0n) is 15.1. The first kappa shape index (κ1) is 17.0. The minimum atomic E-state index is -0.255. The van der Waals surface area contributed by atoms with Crippen molar-refractivity contribution in [2.75, 3.05) is 13.1 Å². The van der Waals surface area contributed by atoms with Gasteiger partial charge in [-0.15, -0.1) is 0 Å². The average molecular weight is 332 g/mol. The number of hydrogen-bond acceptors (Lipinski definition) is 3. The number of carbonyl (C=O) groups is 2. The van der Waals surface area contributed by atoms with E-state index in [1.54, 1.807) is 6.92 Å². The highest BCUT2D eigenvalue weighted by Crippen LogP contribution is 2.39. The molecule has 2 fully saturated rings. The summed E-state index contributed by atoms with van der Waals surface area (Å²) in [5.41, 5.74) is 1.21. The Morgan fingerprint density at radius 3 is 2.71 bits per heavy atom. The maximum absolute atomic E-state index is 13.0. The van der Waals surface area contributed by atoms with Crippen LogP contribution in [0.5, 0.6) is 0 Å². The zero-order chi connectivity index (χ0) is 17.5. The molecule has 6 nitrogen and oxygen atoms in total. The van der Waals surface area contributed by atoms with Gasteiger partial charge in [-0.1, -0.05) is 13.8 Å². The molecule has 2 aliphatic heterocycles. The van der Waals surface area contributed by atoms with Gasteiger partial charge < -0.3 is 9.80 Å². The van der Waals surface area contributed by atoms with Crippen LogP contribution in [0.15, 0.2) is 6.07 Å². The van der Waals surface area contributed by atoms with E-state index in [0.717, 1.165) is 44.5 Å². The molecule has 3 rings (SSSR count). The Labute approximate surface area is 143 Å². The van der Waals surface area contributed by atoms with Crippen molar-refractivity contribution in [3.05, 3.63) is 17.5 Å². The number of aromatic amines is 1. The number of aromatic nitrogens is 2. The van der Waals surface area contributed by atoms with Crippen LogP contribution in [0.25, 0.3) is 0 Å². The number of nitrogens with zero attached hydrogens (tertiary/aromatic N) is 3. The van der Waals surface area contributed by atoms with Gasteiger partial charge in [0.1, 0.15) is 5.69 Å². The molecule has 2 saturated heterocycles. The van der Waals surface area contributed by atoms with Crippen molar-refractivity contribution in [3.63, 3.8) is 0 Å². The predicted octanol–water partition coefficient (Wildman–Crippen LogP) is 2.54. The van der Waals surface area contributed by atoms with Crippen molar-refractivity contribution in [2.24, 2.45) is 0 Å². The van der Waals surface area contributed by atoms with E-state index in [1.165, 1.54) is 0 Å². The summed E-state index contributed by atoms with van der Waals surface area (Å²) < 4.78 is 0. The van der Waals surface area contributed by atoms with Crippen LogP contribution in [0.2, 0.25) is 0 Å². The fourth-order valence-corrected chi connectivity index (χ4v) is 4.39. The summed E-state index contributed by atoms with van der Waals surface area (Å²) in [5, 5.41) is 7.20. The van der Waals surface area contributed by atoms with Crippen LogP contribution >= 0.6 is 0 Å². The van der Waals surface area contributed by atoms with Gasteiger partial charge in [-0.3, -0.25) is 14.7 Å². The monoisotopic (exact) mass is 332 g/mol. The van der Waals surface area contributed by atoms with Crippen molar-refractivity contribution in [3.8, 4) is 0 Å². The fourth-order valence-electron chi connectivity index (χ4n) is 4.39. The van der Waals surface area contributed by atoms with E-state index >= 15 is 0 Å². The molecule has 0 saturated carbocycles. The minimum absolute atomic E-state index is 0.0144. The summed E-state index contributed by atoms with van der Waals surface area (Å²) in [6.45, 7) is 9.47. The molecule has 0 spiro atoms. The number of likely N-dealkylation sites (tertiary alicyclic amines) is 2. The van der Waals surface area contributed by atoms with Crippen LogP contribution in [-0.2, 0) is 4.79 Å². The van der Waals surface area contributed by atoms with E-state index in [-0.39, 0.29) is 23.4 Å². The molecule has 1 aromatic rings. The molecule has 24 heavy (non-hydrogen) atoms. The van der Waals surface area contributed by atoms with Crippen LogP contribution in [0.1, 0.15) is 75.5 Å². The molecule has 0 radical (unpaired) electrons. The predicted molar refractivity (Wildman–Crippen MR) is 91.8 cm³/mol. The van der Waals surface area contributed by atoms with E-state index < -0.39 is 0 Å². The lowest BCUT2D eigenvalue weighted by Gasteiger charge is -2.56. The summed E-state index contributed by atoms with van der Waals surface area (Å²) in [6.07, 6.45) is 3.78. The van der Waals surface area contributed by atoms with E-state index in [1.807, 2.05) is 15.9 Å². The highest BCUT2D eigenvalue weighted by Gasteiger charge is 2.49. The third kappa shape index (κ3) is 2.72. The maximum Gasteiger partial charge on any atom is 0.274 e. The Bertz CT molecular complexity index is 639. The maximum atomic E-state index is 13.0. The lowest BCUT2D eigenvalue weighted by molar-refractivity contribution is -0.143. The topological polar surface area (TPSA) is 69.3 Å². The summed E-state index contributed by atoms with van der Waals surface area (Å²) in [7, 11) is 0. The number of H-pyrrole nitrogens is 1. The molecule has 2 atom stereocenters. The van der Waals surface area contributed by atoms with Gasteiger partial charge in [-0.05, 0) is 44.6 Å². The molecule has 0 aromatic carbocycles.